The molecule has 206 valence electrons. The van der Waals surface area contributed by atoms with Crippen molar-refractivity contribution in [2.45, 2.75) is 20.5 Å². The Kier molecular flexibility index (Phi) is 8.21. The normalized spacial score (nSPS) is 15.0. The van der Waals surface area contributed by atoms with Crippen molar-refractivity contribution in [2.75, 3.05) is 12.0 Å². The molecule has 0 spiro atoms. The van der Waals surface area contributed by atoms with Crippen molar-refractivity contribution in [1.82, 2.24) is 0 Å². The smallest absolute Gasteiger partial charge is 0.335 e. The number of methoxy groups -OCH3 is 1. The third kappa shape index (κ3) is 6.50. The highest BCUT2D eigenvalue weighted by molar-refractivity contribution is 8.19. The molecule has 0 atom stereocenters. The molecule has 1 saturated heterocycles. The molecule has 0 unspecified atom stereocenters. The molecule has 4 aromatic rings. The van der Waals surface area contributed by atoms with Gasteiger partial charge < -0.3 is 14.6 Å². The Morgan fingerprint density at radius 2 is 1.56 bits per heavy atom. The Balaban J connectivity index is 1.40. The SMILES string of the molecule is COc1cc(/C=C2\SC(=Nc3ccc(C)cc3)N(c3ccc(C)cc3)C2=O)ccc1OCc1ccc(C(=O)O)cc1. The van der Waals surface area contributed by atoms with Crippen LogP contribution in [0.1, 0.15) is 32.6 Å². The summed E-state index contributed by atoms with van der Waals surface area (Å²) in [5, 5.41) is 9.66. The lowest BCUT2D eigenvalue weighted by Gasteiger charge is -2.16. The van der Waals surface area contributed by atoms with Crippen molar-refractivity contribution in [3.8, 4) is 11.5 Å². The van der Waals surface area contributed by atoms with E-state index in [9.17, 15) is 9.59 Å². The van der Waals surface area contributed by atoms with Crippen LogP contribution in [0.25, 0.3) is 6.08 Å². The topological polar surface area (TPSA) is 88.4 Å². The lowest BCUT2D eigenvalue weighted by molar-refractivity contribution is -0.113. The van der Waals surface area contributed by atoms with Crippen molar-refractivity contribution in [3.05, 3.63) is 124 Å². The van der Waals surface area contributed by atoms with Crippen molar-refractivity contribution >= 4 is 46.3 Å². The van der Waals surface area contributed by atoms with Gasteiger partial charge in [0.2, 0.25) is 0 Å². The van der Waals surface area contributed by atoms with Gasteiger partial charge in [0.15, 0.2) is 16.7 Å². The standard InChI is InChI=1S/C33H28N2O5S/c1-21-4-13-26(14-5-21)34-33-35(27-15-6-22(2)7-16-27)31(36)30(41-33)19-24-10-17-28(29(18-24)39-3)40-20-23-8-11-25(12-9-23)32(37)38/h4-19H,20H2,1-3H3,(H,37,38)/b30-19-,34-33?. The number of carboxylic acid groups (broad SMARTS) is 1. The van der Waals surface area contributed by atoms with E-state index in [1.165, 1.54) is 11.8 Å². The number of amides is 1. The quantitative estimate of drug-likeness (QED) is 0.224. The minimum atomic E-state index is -0.974. The summed E-state index contributed by atoms with van der Waals surface area (Å²) in [6.45, 7) is 4.27. The summed E-state index contributed by atoms with van der Waals surface area (Å²) >= 11 is 1.32. The highest BCUT2D eigenvalue weighted by atomic mass is 32.2. The Labute approximate surface area is 242 Å². The minimum Gasteiger partial charge on any atom is -0.493 e. The van der Waals surface area contributed by atoms with Crippen LogP contribution in [-0.4, -0.2) is 29.3 Å². The van der Waals surface area contributed by atoms with Gasteiger partial charge in [0, 0.05) is 0 Å². The van der Waals surface area contributed by atoms with E-state index in [4.69, 9.17) is 19.6 Å². The molecule has 1 fully saturated rings. The second kappa shape index (κ2) is 12.1. The van der Waals surface area contributed by atoms with Crippen LogP contribution in [0.2, 0.25) is 0 Å². The number of carbonyl (C=O) groups excluding carboxylic acids is 1. The maximum Gasteiger partial charge on any atom is 0.335 e. The highest BCUT2D eigenvalue weighted by Gasteiger charge is 2.34. The first kappa shape index (κ1) is 27.7. The number of anilines is 1. The Morgan fingerprint density at radius 3 is 2.20 bits per heavy atom. The number of amidine groups is 1. The number of carbonyl (C=O) groups is 2. The lowest BCUT2D eigenvalue weighted by atomic mass is 10.1. The maximum atomic E-state index is 13.7. The van der Waals surface area contributed by atoms with Crippen LogP contribution < -0.4 is 14.4 Å². The predicted molar refractivity (Wildman–Crippen MR) is 163 cm³/mol. The van der Waals surface area contributed by atoms with Gasteiger partial charge in [-0.25, -0.2) is 9.79 Å². The molecule has 1 N–H and O–H groups in total. The van der Waals surface area contributed by atoms with Gasteiger partial charge in [0.05, 0.1) is 29.0 Å². The van der Waals surface area contributed by atoms with Crippen molar-refractivity contribution in [1.29, 1.82) is 0 Å². The molecule has 41 heavy (non-hydrogen) atoms. The van der Waals surface area contributed by atoms with E-state index in [-0.39, 0.29) is 18.1 Å². The first-order valence-electron chi connectivity index (χ1n) is 12.9. The molecule has 1 aliphatic heterocycles. The first-order valence-corrected chi connectivity index (χ1v) is 13.7. The summed E-state index contributed by atoms with van der Waals surface area (Å²) in [7, 11) is 1.56. The molecule has 0 aromatic heterocycles. The number of thioether (sulfide) groups is 1. The molecule has 7 nitrogen and oxygen atoms in total. The van der Waals surface area contributed by atoms with E-state index in [0.717, 1.165) is 33.6 Å². The molecule has 4 aromatic carbocycles. The van der Waals surface area contributed by atoms with Crippen LogP contribution in [0, 0.1) is 13.8 Å². The number of rotatable bonds is 8. The molecular weight excluding hydrogens is 536 g/mol. The molecule has 8 heteroatoms. The third-order valence-corrected chi connectivity index (χ3v) is 7.41. The number of aromatic carboxylic acids is 1. The molecule has 1 aliphatic rings. The molecule has 0 bridgehead atoms. The molecule has 1 amide bonds. The Hall–Kier alpha value is -4.82. The van der Waals surface area contributed by atoms with Crippen LogP contribution in [0.15, 0.2) is 101 Å². The van der Waals surface area contributed by atoms with Gasteiger partial charge in [-0.05, 0) is 91.3 Å². The fourth-order valence-electron chi connectivity index (χ4n) is 4.15. The summed E-state index contributed by atoms with van der Waals surface area (Å²) in [5.74, 6) is -0.0850. The molecule has 1 heterocycles. The number of hydrogen-bond donors (Lipinski definition) is 1. The molecule has 0 aliphatic carbocycles. The molecule has 0 saturated carbocycles. The van der Waals surface area contributed by atoms with Crippen molar-refractivity contribution in [3.63, 3.8) is 0 Å². The molecule has 0 radical (unpaired) electrons. The maximum absolute atomic E-state index is 13.7. The molecule has 5 rings (SSSR count). The summed E-state index contributed by atoms with van der Waals surface area (Å²) in [5.41, 5.74) is 5.58. The van der Waals surface area contributed by atoms with Gasteiger partial charge in [-0.2, -0.15) is 0 Å². The van der Waals surface area contributed by atoms with Crippen LogP contribution in [0.5, 0.6) is 11.5 Å². The van der Waals surface area contributed by atoms with E-state index >= 15 is 0 Å². The monoisotopic (exact) mass is 564 g/mol. The molecular formula is C33H28N2O5S. The first-order chi connectivity index (χ1) is 19.8. The van der Waals surface area contributed by atoms with Gasteiger partial charge in [0.25, 0.3) is 5.91 Å². The van der Waals surface area contributed by atoms with Gasteiger partial charge in [-0.3, -0.25) is 9.69 Å². The van der Waals surface area contributed by atoms with Gasteiger partial charge in [-0.1, -0.05) is 53.6 Å². The fraction of sp³-hybridized carbons (Fsp3) is 0.121. The van der Waals surface area contributed by atoms with E-state index < -0.39 is 5.97 Å². The fourth-order valence-corrected chi connectivity index (χ4v) is 5.15. The number of carboxylic acids is 1. The minimum absolute atomic E-state index is 0.159. The number of nitrogens with zero attached hydrogens (tertiary/aromatic N) is 2. The summed E-state index contributed by atoms with van der Waals surface area (Å²) in [4.78, 5) is 31.7. The second-order valence-electron chi connectivity index (χ2n) is 9.52. The van der Waals surface area contributed by atoms with Crippen molar-refractivity contribution in [2.24, 2.45) is 4.99 Å². The van der Waals surface area contributed by atoms with Gasteiger partial charge in [-0.15, -0.1) is 0 Å². The average Bonchev–Trinajstić information content (AvgIpc) is 3.27. The average molecular weight is 565 g/mol. The van der Waals surface area contributed by atoms with Crippen LogP contribution in [0.3, 0.4) is 0 Å². The van der Waals surface area contributed by atoms with Gasteiger partial charge in [0.1, 0.15) is 6.61 Å². The van der Waals surface area contributed by atoms with Crippen molar-refractivity contribution < 1.29 is 24.2 Å². The number of aliphatic imine (C=N–C) groups is 1. The largest absolute Gasteiger partial charge is 0.493 e. The number of aryl methyl sites for hydroxylation is 2. The van der Waals surface area contributed by atoms with E-state index in [1.807, 2.05) is 80.6 Å². The van der Waals surface area contributed by atoms with E-state index in [2.05, 4.69) is 0 Å². The predicted octanol–water partition coefficient (Wildman–Crippen LogP) is 7.40. The van der Waals surface area contributed by atoms with Crippen LogP contribution in [0.4, 0.5) is 11.4 Å². The Bertz CT molecular complexity index is 1640. The highest BCUT2D eigenvalue weighted by Crippen LogP contribution is 2.38. The van der Waals surface area contributed by atoms with Gasteiger partial charge >= 0.3 is 5.97 Å². The Morgan fingerprint density at radius 1 is 0.902 bits per heavy atom. The number of hydrogen-bond acceptors (Lipinski definition) is 6. The summed E-state index contributed by atoms with van der Waals surface area (Å²) < 4.78 is 11.5. The van der Waals surface area contributed by atoms with Crippen LogP contribution >= 0.6 is 11.8 Å². The van der Waals surface area contributed by atoms with E-state index in [0.29, 0.717) is 21.6 Å². The summed E-state index contributed by atoms with van der Waals surface area (Å²) in [6.07, 6.45) is 1.82. The summed E-state index contributed by atoms with van der Waals surface area (Å²) in [6, 6.07) is 27.6. The zero-order chi connectivity index (χ0) is 28.9. The number of ether oxygens (including phenoxy) is 2. The van der Waals surface area contributed by atoms with Crippen LogP contribution in [-0.2, 0) is 11.4 Å². The zero-order valence-corrected chi connectivity index (χ0v) is 23.6. The second-order valence-corrected chi connectivity index (χ2v) is 10.5. The lowest BCUT2D eigenvalue weighted by Crippen LogP contribution is -2.28. The number of benzene rings is 4. The third-order valence-electron chi connectivity index (χ3n) is 6.44. The van der Waals surface area contributed by atoms with E-state index in [1.54, 1.807) is 42.3 Å². The zero-order valence-electron chi connectivity index (χ0n) is 22.8.